The average Bonchev–Trinajstić information content (AvgIpc) is 2.82. The second kappa shape index (κ2) is 10.7. The van der Waals surface area contributed by atoms with Crippen LogP contribution in [0.3, 0.4) is 0 Å². The Bertz CT molecular complexity index is 1500. The van der Waals surface area contributed by atoms with Gasteiger partial charge in [-0.1, -0.05) is 144 Å². The van der Waals surface area contributed by atoms with E-state index in [0.717, 1.165) is 33.0 Å². The molecule has 4 aromatic carbocycles. The van der Waals surface area contributed by atoms with Crippen LogP contribution in [-0.2, 0) is 21.7 Å². The molecule has 0 atom stereocenters. The number of rotatable bonds is 4. The van der Waals surface area contributed by atoms with Crippen molar-refractivity contribution in [2.75, 3.05) is 6.16 Å². The second-order valence-electron chi connectivity index (χ2n) is 16.4. The van der Waals surface area contributed by atoms with Crippen molar-refractivity contribution in [1.29, 1.82) is 0 Å². The van der Waals surface area contributed by atoms with Crippen LogP contribution in [0.5, 0.6) is 0 Å². The summed E-state index contributed by atoms with van der Waals surface area (Å²) in [5.41, 5.74) is 6.60. The van der Waals surface area contributed by atoms with Gasteiger partial charge in [0.2, 0.25) is 0 Å². The fraction of sp³-hybridized carbons (Fsp3) is 0.474. The Labute approximate surface area is 254 Å². The molecule has 0 amide bonds. The molecule has 4 heteroatoms. The summed E-state index contributed by atoms with van der Waals surface area (Å²) >= 11 is 0. The van der Waals surface area contributed by atoms with Crippen LogP contribution in [0.25, 0.3) is 21.5 Å². The summed E-state index contributed by atoms with van der Waals surface area (Å²) in [6.07, 6.45) is -0.129. The van der Waals surface area contributed by atoms with E-state index in [1.165, 1.54) is 21.9 Å². The maximum absolute atomic E-state index is 10.6. The van der Waals surface area contributed by atoms with Gasteiger partial charge in [0, 0.05) is 0 Å². The maximum atomic E-state index is 10.6. The molecule has 0 fully saturated rings. The van der Waals surface area contributed by atoms with Crippen LogP contribution in [-0.4, -0.2) is 20.8 Å². The van der Waals surface area contributed by atoms with E-state index in [4.69, 9.17) is 0 Å². The van der Waals surface area contributed by atoms with Crippen molar-refractivity contribution in [2.45, 2.75) is 111 Å². The fourth-order valence-electron chi connectivity index (χ4n) is 6.05. The van der Waals surface area contributed by atoms with Crippen LogP contribution in [0.15, 0.2) is 60.7 Å². The van der Waals surface area contributed by atoms with Gasteiger partial charge in [-0.2, -0.15) is 14.7 Å². The van der Waals surface area contributed by atoms with Crippen molar-refractivity contribution in [3.05, 3.63) is 94.0 Å². The minimum Gasteiger partial charge on any atom is -0.193 e. The minimum atomic E-state index is -4.13. The molecule has 42 heavy (non-hydrogen) atoms. The molecule has 0 unspecified atom stereocenters. The Morgan fingerprint density at radius 2 is 0.833 bits per heavy atom. The SMILES string of the molecule is CC(C)(C)c1ccc2cc(C(C[P+](O)(O)O)c3cc4ccc(C(C)(C)C)cc4cc3C(C)(C)C)c(C(C)(C)C)cc2c1. The highest BCUT2D eigenvalue weighted by Gasteiger charge is 2.40. The van der Waals surface area contributed by atoms with E-state index >= 15 is 0 Å². The average molecular weight is 588 g/mol. The first-order chi connectivity index (χ1) is 18.9. The van der Waals surface area contributed by atoms with Gasteiger partial charge in [0.15, 0.2) is 6.16 Å². The lowest BCUT2D eigenvalue weighted by molar-refractivity contribution is 0.328. The van der Waals surface area contributed by atoms with Gasteiger partial charge >= 0.3 is 7.94 Å². The molecule has 4 aromatic rings. The van der Waals surface area contributed by atoms with Crippen LogP contribution in [0.4, 0.5) is 0 Å². The molecule has 3 nitrogen and oxygen atoms in total. The molecular formula is C38H52O3P+. The largest absolute Gasteiger partial charge is 0.404 e. The van der Waals surface area contributed by atoms with Gasteiger partial charge in [-0.05, 0) is 76.6 Å². The Morgan fingerprint density at radius 3 is 1.12 bits per heavy atom. The van der Waals surface area contributed by atoms with Gasteiger partial charge in [0.1, 0.15) is 0 Å². The first-order valence-electron chi connectivity index (χ1n) is 15.2. The lowest BCUT2D eigenvalue weighted by Crippen LogP contribution is -2.23. The third kappa shape index (κ3) is 7.08. The van der Waals surface area contributed by atoms with Crippen molar-refractivity contribution in [2.24, 2.45) is 0 Å². The summed E-state index contributed by atoms with van der Waals surface area (Å²) in [6.45, 7) is 26.6. The fourth-order valence-corrected chi connectivity index (χ4v) is 6.93. The van der Waals surface area contributed by atoms with Crippen molar-refractivity contribution >= 4 is 29.5 Å². The van der Waals surface area contributed by atoms with Gasteiger partial charge in [0.25, 0.3) is 0 Å². The molecule has 0 aromatic heterocycles. The topological polar surface area (TPSA) is 60.7 Å². The van der Waals surface area contributed by atoms with Gasteiger partial charge in [-0.15, -0.1) is 0 Å². The summed E-state index contributed by atoms with van der Waals surface area (Å²) < 4.78 is 0. The molecule has 0 saturated heterocycles. The molecule has 0 spiro atoms. The first kappa shape index (κ1) is 32.6. The Morgan fingerprint density at radius 1 is 0.476 bits per heavy atom. The van der Waals surface area contributed by atoms with E-state index in [9.17, 15) is 14.7 Å². The highest BCUT2D eigenvalue weighted by atomic mass is 31.2. The maximum Gasteiger partial charge on any atom is 0.404 e. The molecule has 226 valence electrons. The first-order valence-corrected chi connectivity index (χ1v) is 17.0. The van der Waals surface area contributed by atoms with Crippen LogP contribution in [0.2, 0.25) is 0 Å². The predicted octanol–water partition coefficient (Wildman–Crippen LogP) is 10.1. The molecule has 0 heterocycles. The van der Waals surface area contributed by atoms with Gasteiger partial charge in [0.05, 0.1) is 5.92 Å². The van der Waals surface area contributed by atoms with E-state index in [-0.39, 0.29) is 27.8 Å². The third-order valence-electron chi connectivity index (χ3n) is 8.54. The Kier molecular flexibility index (Phi) is 8.31. The Hall–Kier alpha value is -2.29. The molecule has 0 saturated carbocycles. The summed E-state index contributed by atoms with van der Waals surface area (Å²) in [4.78, 5) is 31.8. The molecular weight excluding hydrogens is 535 g/mol. The zero-order valence-corrected chi connectivity index (χ0v) is 28.7. The number of benzene rings is 4. The molecule has 3 N–H and O–H groups in total. The van der Waals surface area contributed by atoms with Crippen LogP contribution in [0.1, 0.15) is 122 Å². The monoisotopic (exact) mass is 587 g/mol. The normalized spacial score (nSPS) is 13.9. The van der Waals surface area contributed by atoms with Gasteiger partial charge in [-0.3, -0.25) is 0 Å². The predicted molar refractivity (Wildman–Crippen MR) is 183 cm³/mol. The van der Waals surface area contributed by atoms with Crippen LogP contribution < -0.4 is 0 Å². The Balaban J connectivity index is 2.08. The van der Waals surface area contributed by atoms with E-state index < -0.39 is 13.9 Å². The van der Waals surface area contributed by atoms with E-state index in [0.29, 0.717) is 0 Å². The van der Waals surface area contributed by atoms with Gasteiger partial charge < -0.3 is 0 Å². The lowest BCUT2D eigenvalue weighted by Gasteiger charge is -2.32. The van der Waals surface area contributed by atoms with Gasteiger partial charge in [-0.25, -0.2) is 0 Å². The zero-order chi connectivity index (χ0) is 31.6. The summed E-state index contributed by atoms with van der Waals surface area (Å²) in [5.74, 6) is -0.403. The van der Waals surface area contributed by atoms with Crippen molar-refractivity contribution in [3.63, 3.8) is 0 Å². The summed E-state index contributed by atoms with van der Waals surface area (Å²) in [5, 5.41) is 4.58. The highest BCUT2D eigenvalue weighted by molar-refractivity contribution is 7.58. The molecule has 0 aliphatic carbocycles. The zero-order valence-electron chi connectivity index (χ0n) is 27.8. The molecule has 4 rings (SSSR count). The lowest BCUT2D eigenvalue weighted by atomic mass is 9.73. The minimum absolute atomic E-state index is 0.0333. The number of hydrogen-bond acceptors (Lipinski definition) is 3. The quantitative estimate of drug-likeness (QED) is 0.208. The highest BCUT2D eigenvalue weighted by Crippen LogP contribution is 2.53. The molecule has 0 aliphatic heterocycles. The van der Waals surface area contributed by atoms with Crippen LogP contribution in [0, 0.1) is 0 Å². The van der Waals surface area contributed by atoms with Crippen molar-refractivity contribution in [1.82, 2.24) is 0 Å². The molecule has 0 aliphatic rings. The standard InChI is InChI=1S/C38H52O3P/c1-35(2,3)28-15-13-24-19-30(33(37(7,8)9)21-26(24)17-28)32(23-42(39,40)41)31-20-25-14-16-29(36(4,5)6)18-27(25)22-34(31)38(10,11)12/h13-22,32,39-41H,23H2,1-12H3/q+1. The second-order valence-corrected chi connectivity index (χ2v) is 18.2. The number of hydrogen-bond donors (Lipinski definition) is 3. The smallest absolute Gasteiger partial charge is 0.193 e. The van der Waals surface area contributed by atoms with E-state index in [1.807, 2.05) is 0 Å². The van der Waals surface area contributed by atoms with Crippen LogP contribution >= 0.6 is 7.94 Å². The number of fused-ring (bicyclic) bond motifs is 2. The van der Waals surface area contributed by atoms with E-state index in [1.54, 1.807) is 0 Å². The van der Waals surface area contributed by atoms with Crippen molar-refractivity contribution in [3.8, 4) is 0 Å². The third-order valence-corrected chi connectivity index (χ3v) is 9.40. The van der Waals surface area contributed by atoms with E-state index in [2.05, 4.69) is 144 Å². The van der Waals surface area contributed by atoms with Crippen molar-refractivity contribution < 1.29 is 14.7 Å². The summed E-state index contributed by atoms with van der Waals surface area (Å²) in [7, 11) is -4.13. The summed E-state index contributed by atoms with van der Waals surface area (Å²) in [6, 6.07) is 22.3. The molecule has 0 radical (unpaired) electrons. The molecule has 0 bridgehead atoms.